The molecular weight excluding hydrogens is 360 g/mol. The van der Waals surface area contributed by atoms with Gasteiger partial charge in [-0.05, 0) is 53.1 Å². The van der Waals surface area contributed by atoms with Gasteiger partial charge < -0.3 is 4.74 Å². The van der Waals surface area contributed by atoms with Crippen molar-refractivity contribution >= 4 is 23.7 Å². The van der Waals surface area contributed by atoms with E-state index in [-0.39, 0.29) is 5.91 Å². The molecule has 3 aromatic rings. The molecule has 0 unspecified atom stereocenters. The number of nitrogens with one attached hydrogen (secondary N) is 1. The standard InChI is InChI=1S/C22H19ClN2O2/c23-20-10-6-19(7-11-20)16-27-21-12-8-18(9-13-21)15-24-25-22(26)14-17-4-2-1-3-5-17/h1-13,15H,14,16H2,(H,25,26)/b24-15+. The summed E-state index contributed by atoms with van der Waals surface area (Å²) in [5.41, 5.74) is 5.40. The molecule has 4 nitrogen and oxygen atoms in total. The number of benzene rings is 3. The van der Waals surface area contributed by atoms with Gasteiger partial charge >= 0.3 is 0 Å². The predicted molar refractivity (Wildman–Crippen MR) is 108 cm³/mol. The Kier molecular flexibility index (Phi) is 6.61. The molecular formula is C22H19ClN2O2. The molecule has 0 saturated heterocycles. The molecule has 0 heterocycles. The number of rotatable bonds is 7. The van der Waals surface area contributed by atoms with Crippen LogP contribution in [0.15, 0.2) is 84.0 Å². The zero-order valence-electron chi connectivity index (χ0n) is 14.6. The van der Waals surface area contributed by atoms with Crippen LogP contribution in [0.25, 0.3) is 0 Å². The van der Waals surface area contributed by atoms with Crippen LogP contribution in [-0.2, 0) is 17.8 Å². The zero-order chi connectivity index (χ0) is 18.9. The fraction of sp³-hybridized carbons (Fsp3) is 0.0909. The first-order valence-corrected chi connectivity index (χ1v) is 8.90. The van der Waals surface area contributed by atoms with E-state index in [0.717, 1.165) is 22.4 Å². The summed E-state index contributed by atoms with van der Waals surface area (Å²) in [6.45, 7) is 0.472. The summed E-state index contributed by atoms with van der Waals surface area (Å²) < 4.78 is 5.74. The molecule has 1 amide bonds. The van der Waals surface area contributed by atoms with E-state index in [2.05, 4.69) is 10.5 Å². The molecule has 0 atom stereocenters. The Hall–Kier alpha value is -3.11. The van der Waals surface area contributed by atoms with Gasteiger partial charge in [-0.25, -0.2) is 5.43 Å². The van der Waals surface area contributed by atoms with E-state index < -0.39 is 0 Å². The average Bonchev–Trinajstić information content (AvgIpc) is 2.69. The minimum absolute atomic E-state index is 0.152. The summed E-state index contributed by atoms with van der Waals surface area (Å²) in [6.07, 6.45) is 1.90. The number of ether oxygens (including phenoxy) is 1. The summed E-state index contributed by atoms with van der Waals surface area (Å²) in [5.74, 6) is 0.607. The molecule has 1 N–H and O–H groups in total. The zero-order valence-corrected chi connectivity index (χ0v) is 15.4. The summed E-state index contributed by atoms with van der Waals surface area (Å²) >= 11 is 5.87. The van der Waals surface area contributed by atoms with Crippen molar-refractivity contribution in [2.75, 3.05) is 0 Å². The fourth-order valence-corrected chi connectivity index (χ4v) is 2.52. The van der Waals surface area contributed by atoms with Crippen LogP contribution >= 0.6 is 11.6 Å². The second-order valence-electron chi connectivity index (χ2n) is 5.94. The number of hydrogen-bond donors (Lipinski definition) is 1. The minimum Gasteiger partial charge on any atom is -0.489 e. The van der Waals surface area contributed by atoms with E-state index in [1.165, 1.54) is 0 Å². The second kappa shape index (κ2) is 9.55. The van der Waals surface area contributed by atoms with Crippen molar-refractivity contribution in [3.63, 3.8) is 0 Å². The predicted octanol–water partition coefficient (Wildman–Crippen LogP) is 4.61. The van der Waals surface area contributed by atoms with Crippen LogP contribution in [0.2, 0.25) is 5.02 Å². The summed E-state index contributed by atoms with van der Waals surface area (Å²) in [4.78, 5) is 11.8. The lowest BCUT2D eigenvalue weighted by molar-refractivity contribution is -0.120. The van der Waals surface area contributed by atoms with Gasteiger partial charge in [0.1, 0.15) is 12.4 Å². The van der Waals surface area contributed by atoms with Crippen LogP contribution in [0.1, 0.15) is 16.7 Å². The summed E-state index contributed by atoms with van der Waals surface area (Å²) in [7, 11) is 0. The van der Waals surface area contributed by atoms with E-state index in [9.17, 15) is 4.79 Å². The molecule has 0 aliphatic heterocycles. The SMILES string of the molecule is O=C(Cc1ccccc1)N/N=C/c1ccc(OCc2ccc(Cl)cc2)cc1. The normalized spacial score (nSPS) is 10.7. The number of amides is 1. The minimum atomic E-state index is -0.152. The van der Waals surface area contributed by atoms with Crippen molar-refractivity contribution < 1.29 is 9.53 Å². The van der Waals surface area contributed by atoms with Crippen LogP contribution in [-0.4, -0.2) is 12.1 Å². The fourth-order valence-electron chi connectivity index (χ4n) is 2.40. The van der Waals surface area contributed by atoms with Crippen LogP contribution in [0.4, 0.5) is 0 Å². The first-order chi connectivity index (χ1) is 13.2. The average molecular weight is 379 g/mol. The number of halogens is 1. The largest absolute Gasteiger partial charge is 0.489 e. The van der Waals surface area contributed by atoms with Gasteiger partial charge in [0.25, 0.3) is 0 Å². The van der Waals surface area contributed by atoms with Crippen molar-refractivity contribution in [3.05, 3.63) is 101 Å². The third-order valence-corrected chi connectivity index (χ3v) is 4.06. The number of hydrazone groups is 1. The second-order valence-corrected chi connectivity index (χ2v) is 6.38. The number of hydrogen-bond acceptors (Lipinski definition) is 3. The van der Waals surface area contributed by atoms with E-state index in [1.54, 1.807) is 6.21 Å². The Labute approximate surface area is 163 Å². The highest BCUT2D eigenvalue weighted by atomic mass is 35.5. The van der Waals surface area contributed by atoms with Crippen molar-refractivity contribution in [2.45, 2.75) is 13.0 Å². The van der Waals surface area contributed by atoms with Crippen LogP contribution in [0, 0.1) is 0 Å². The lowest BCUT2D eigenvalue weighted by Gasteiger charge is -2.06. The number of nitrogens with zero attached hydrogens (tertiary/aromatic N) is 1. The van der Waals surface area contributed by atoms with Crippen molar-refractivity contribution in [1.82, 2.24) is 5.43 Å². The molecule has 0 bridgehead atoms. The van der Waals surface area contributed by atoms with Gasteiger partial charge in [-0.15, -0.1) is 0 Å². The van der Waals surface area contributed by atoms with Gasteiger partial charge in [0.2, 0.25) is 5.91 Å². The van der Waals surface area contributed by atoms with Crippen molar-refractivity contribution in [1.29, 1.82) is 0 Å². The monoisotopic (exact) mass is 378 g/mol. The molecule has 0 fully saturated rings. The van der Waals surface area contributed by atoms with Gasteiger partial charge in [0, 0.05) is 5.02 Å². The van der Waals surface area contributed by atoms with Gasteiger partial charge in [-0.3, -0.25) is 4.79 Å². The molecule has 27 heavy (non-hydrogen) atoms. The molecule has 0 radical (unpaired) electrons. The topological polar surface area (TPSA) is 50.7 Å². The van der Waals surface area contributed by atoms with Gasteiger partial charge in [0.05, 0.1) is 12.6 Å². The molecule has 0 saturated carbocycles. The highest BCUT2D eigenvalue weighted by Crippen LogP contribution is 2.15. The Bertz CT molecular complexity index is 892. The molecule has 0 aliphatic rings. The van der Waals surface area contributed by atoms with E-state index >= 15 is 0 Å². The van der Waals surface area contributed by atoms with Gasteiger partial charge in [-0.1, -0.05) is 54.1 Å². The maximum Gasteiger partial charge on any atom is 0.244 e. The number of carbonyl (C=O) groups excluding carboxylic acids is 1. The molecule has 0 aromatic heterocycles. The third-order valence-electron chi connectivity index (χ3n) is 3.81. The van der Waals surface area contributed by atoms with E-state index in [4.69, 9.17) is 16.3 Å². The van der Waals surface area contributed by atoms with Crippen molar-refractivity contribution in [2.24, 2.45) is 5.10 Å². The highest BCUT2D eigenvalue weighted by molar-refractivity contribution is 6.30. The quantitative estimate of drug-likeness (QED) is 0.482. The smallest absolute Gasteiger partial charge is 0.244 e. The molecule has 5 heteroatoms. The molecule has 3 aromatic carbocycles. The third kappa shape index (κ3) is 6.28. The molecule has 0 aliphatic carbocycles. The van der Waals surface area contributed by atoms with Crippen LogP contribution in [0.3, 0.4) is 0 Å². The lowest BCUT2D eigenvalue weighted by Crippen LogP contribution is -2.19. The maximum atomic E-state index is 11.8. The maximum absolute atomic E-state index is 11.8. The molecule has 136 valence electrons. The van der Waals surface area contributed by atoms with E-state index in [1.807, 2.05) is 78.9 Å². The lowest BCUT2D eigenvalue weighted by atomic mass is 10.1. The summed E-state index contributed by atoms with van der Waals surface area (Å²) in [6, 6.07) is 24.6. The highest BCUT2D eigenvalue weighted by Gasteiger charge is 2.01. The van der Waals surface area contributed by atoms with Gasteiger partial charge in [0.15, 0.2) is 0 Å². The molecule has 3 rings (SSSR count). The Balaban J connectivity index is 1.46. The molecule has 0 spiro atoms. The first-order valence-electron chi connectivity index (χ1n) is 8.52. The van der Waals surface area contributed by atoms with Crippen molar-refractivity contribution in [3.8, 4) is 5.75 Å². The Morgan fingerprint density at radius 2 is 1.63 bits per heavy atom. The Morgan fingerprint density at radius 3 is 2.33 bits per heavy atom. The van der Waals surface area contributed by atoms with Gasteiger partial charge in [-0.2, -0.15) is 5.10 Å². The first kappa shape index (κ1) is 18.7. The van der Waals surface area contributed by atoms with E-state index in [0.29, 0.717) is 18.1 Å². The Morgan fingerprint density at radius 1 is 0.926 bits per heavy atom. The number of carbonyl (C=O) groups is 1. The van der Waals surface area contributed by atoms with Crippen LogP contribution in [0.5, 0.6) is 5.75 Å². The van der Waals surface area contributed by atoms with Crippen LogP contribution < -0.4 is 10.2 Å². The summed E-state index contributed by atoms with van der Waals surface area (Å²) in [5, 5.41) is 4.70.